The molecule has 0 aliphatic heterocycles. The second kappa shape index (κ2) is 8.22. The number of hydrogen-bond donors (Lipinski definition) is 0. The number of aromatic nitrogens is 1. The molecule has 0 bridgehead atoms. The van der Waals surface area contributed by atoms with Crippen LogP contribution in [0.5, 0.6) is 0 Å². The lowest BCUT2D eigenvalue weighted by Crippen LogP contribution is -2.04. The van der Waals surface area contributed by atoms with Gasteiger partial charge < -0.3 is 4.42 Å². The van der Waals surface area contributed by atoms with Gasteiger partial charge in [-0.2, -0.15) is 5.26 Å². The number of fused-ring (bicyclic) bond motifs is 3. The lowest BCUT2D eigenvalue weighted by atomic mass is 9.84. The van der Waals surface area contributed by atoms with E-state index in [1.165, 1.54) is 37.7 Å². The number of rotatable bonds is 3. The molecule has 0 radical (unpaired) electrons. The van der Waals surface area contributed by atoms with E-state index >= 15 is 0 Å². The molecule has 0 atom stereocenters. The molecule has 1 fully saturated rings. The molecule has 5 aromatic rings. The Labute approximate surface area is 193 Å². The summed E-state index contributed by atoms with van der Waals surface area (Å²) in [6.45, 7) is 0. The highest BCUT2D eigenvalue weighted by molar-refractivity contribution is 6.10. The molecule has 160 valence electrons. The molecule has 3 heteroatoms. The molecule has 1 saturated carbocycles. The summed E-state index contributed by atoms with van der Waals surface area (Å²) in [5.41, 5.74) is 7.70. The molecule has 1 aliphatic carbocycles. The summed E-state index contributed by atoms with van der Waals surface area (Å²) < 4.78 is 6.41. The van der Waals surface area contributed by atoms with Crippen LogP contribution in [0.1, 0.15) is 49.1 Å². The molecule has 0 spiro atoms. The van der Waals surface area contributed by atoms with Crippen molar-refractivity contribution in [2.24, 2.45) is 0 Å². The molecule has 6 rings (SSSR count). The van der Waals surface area contributed by atoms with Crippen LogP contribution >= 0.6 is 0 Å². The third-order valence-corrected chi connectivity index (χ3v) is 6.94. The molecule has 3 nitrogen and oxygen atoms in total. The van der Waals surface area contributed by atoms with Gasteiger partial charge in [0.1, 0.15) is 11.2 Å². The molecule has 1 aliphatic rings. The smallest absolute Gasteiger partial charge is 0.143 e. The predicted octanol–water partition coefficient (Wildman–Crippen LogP) is 8.23. The first kappa shape index (κ1) is 19.8. The largest absolute Gasteiger partial charge is 0.455 e. The van der Waals surface area contributed by atoms with Crippen LogP contribution in [0.15, 0.2) is 83.4 Å². The van der Waals surface area contributed by atoms with E-state index in [-0.39, 0.29) is 0 Å². The molecule has 2 heterocycles. The molecule has 0 N–H and O–H groups in total. The lowest BCUT2D eigenvalue weighted by molar-refractivity contribution is 0.443. The summed E-state index contributed by atoms with van der Waals surface area (Å²) in [5, 5.41) is 11.6. The maximum absolute atomic E-state index is 9.62. The zero-order chi connectivity index (χ0) is 22.2. The van der Waals surface area contributed by atoms with E-state index in [0.717, 1.165) is 44.3 Å². The fourth-order valence-corrected chi connectivity index (χ4v) is 5.23. The topological polar surface area (TPSA) is 49.8 Å². The Hall–Kier alpha value is -3.90. The van der Waals surface area contributed by atoms with Crippen LogP contribution in [-0.4, -0.2) is 4.98 Å². The summed E-state index contributed by atoms with van der Waals surface area (Å²) in [6, 6.07) is 27.0. The van der Waals surface area contributed by atoms with E-state index in [2.05, 4.69) is 53.5 Å². The second-order valence-electron chi connectivity index (χ2n) is 9.00. The van der Waals surface area contributed by atoms with Crippen LogP contribution in [0.2, 0.25) is 0 Å². The number of furan rings is 1. The van der Waals surface area contributed by atoms with Crippen molar-refractivity contribution >= 4 is 21.9 Å². The van der Waals surface area contributed by atoms with Gasteiger partial charge in [0.2, 0.25) is 0 Å². The monoisotopic (exact) mass is 428 g/mol. The van der Waals surface area contributed by atoms with Gasteiger partial charge in [-0.05, 0) is 66.3 Å². The van der Waals surface area contributed by atoms with Gasteiger partial charge in [-0.1, -0.05) is 55.7 Å². The fraction of sp³-hybridized carbons (Fsp3) is 0.200. The van der Waals surface area contributed by atoms with E-state index < -0.39 is 0 Å². The first-order valence-corrected chi connectivity index (χ1v) is 11.7. The Bertz CT molecular complexity index is 1500. The number of nitriles is 1. The highest BCUT2D eigenvalue weighted by Crippen LogP contribution is 2.39. The van der Waals surface area contributed by atoms with E-state index in [1.807, 2.05) is 36.5 Å². The zero-order valence-electron chi connectivity index (χ0n) is 18.4. The Morgan fingerprint density at radius 3 is 2.48 bits per heavy atom. The second-order valence-corrected chi connectivity index (χ2v) is 9.00. The van der Waals surface area contributed by atoms with Crippen LogP contribution in [0.25, 0.3) is 44.3 Å². The van der Waals surface area contributed by atoms with Crippen LogP contribution in [0.3, 0.4) is 0 Å². The third-order valence-electron chi connectivity index (χ3n) is 6.94. The van der Waals surface area contributed by atoms with Crippen LogP contribution in [0.4, 0.5) is 0 Å². The summed E-state index contributed by atoms with van der Waals surface area (Å²) in [4.78, 5) is 4.67. The van der Waals surface area contributed by atoms with Crippen molar-refractivity contribution < 1.29 is 4.42 Å². The average molecular weight is 429 g/mol. The van der Waals surface area contributed by atoms with Crippen LogP contribution in [0, 0.1) is 11.3 Å². The zero-order valence-corrected chi connectivity index (χ0v) is 18.4. The summed E-state index contributed by atoms with van der Waals surface area (Å²) in [5.74, 6) is 0.647. The Morgan fingerprint density at radius 1 is 0.818 bits per heavy atom. The summed E-state index contributed by atoms with van der Waals surface area (Å²) in [7, 11) is 0. The SMILES string of the molecule is N#Cc1cc(-c2ccccc2)c2oc3cc(-c4cc(C5CCCCC5)ccn4)ccc3c2c1. The molecule has 0 saturated heterocycles. The van der Waals surface area contributed by atoms with Crippen molar-refractivity contribution in [3.8, 4) is 28.5 Å². The third kappa shape index (κ3) is 3.58. The van der Waals surface area contributed by atoms with Gasteiger partial charge in [0.25, 0.3) is 0 Å². The van der Waals surface area contributed by atoms with Crippen LogP contribution in [-0.2, 0) is 0 Å². The van der Waals surface area contributed by atoms with Gasteiger partial charge in [0.15, 0.2) is 0 Å². The van der Waals surface area contributed by atoms with Crippen molar-refractivity contribution in [1.29, 1.82) is 5.26 Å². The van der Waals surface area contributed by atoms with Gasteiger partial charge in [-0.25, -0.2) is 0 Å². The highest BCUT2D eigenvalue weighted by Gasteiger charge is 2.18. The van der Waals surface area contributed by atoms with E-state index in [4.69, 9.17) is 4.42 Å². The van der Waals surface area contributed by atoms with Crippen molar-refractivity contribution in [1.82, 2.24) is 4.98 Å². The molecule has 33 heavy (non-hydrogen) atoms. The predicted molar refractivity (Wildman–Crippen MR) is 133 cm³/mol. The van der Waals surface area contributed by atoms with Crippen molar-refractivity contribution in [3.05, 3.63) is 90.1 Å². The van der Waals surface area contributed by atoms with E-state index in [1.54, 1.807) is 0 Å². The number of benzene rings is 3. The van der Waals surface area contributed by atoms with Crippen molar-refractivity contribution in [2.45, 2.75) is 38.0 Å². The van der Waals surface area contributed by atoms with E-state index in [9.17, 15) is 5.26 Å². The van der Waals surface area contributed by atoms with Crippen molar-refractivity contribution in [2.75, 3.05) is 0 Å². The van der Waals surface area contributed by atoms with Gasteiger partial charge in [-0.15, -0.1) is 0 Å². The maximum Gasteiger partial charge on any atom is 0.143 e. The summed E-state index contributed by atoms with van der Waals surface area (Å²) in [6.07, 6.45) is 8.49. The Morgan fingerprint density at radius 2 is 1.67 bits per heavy atom. The highest BCUT2D eigenvalue weighted by atomic mass is 16.3. The lowest BCUT2D eigenvalue weighted by Gasteiger charge is -2.22. The number of pyridine rings is 1. The minimum atomic E-state index is 0.634. The molecule has 3 aromatic carbocycles. The minimum absolute atomic E-state index is 0.634. The van der Waals surface area contributed by atoms with Crippen LogP contribution < -0.4 is 0 Å². The van der Waals surface area contributed by atoms with E-state index in [0.29, 0.717) is 11.5 Å². The van der Waals surface area contributed by atoms with Gasteiger partial charge in [0, 0.05) is 28.1 Å². The number of hydrogen-bond acceptors (Lipinski definition) is 3. The van der Waals surface area contributed by atoms with Gasteiger partial charge in [0.05, 0.1) is 17.3 Å². The minimum Gasteiger partial charge on any atom is -0.455 e. The fourth-order valence-electron chi connectivity index (χ4n) is 5.23. The Kier molecular flexibility index (Phi) is 4.92. The Balaban J connectivity index is 1.48. The first-order chi connectivity index (χ1) is 16.3. The van der Waals surface area contributed by atoms with Crippen molar-refractivity contribution in [3.63, 3.8) is 0 Å². The molecule has 0 unspecified atom stereocenters. The maximum atomic E-state index is 9.62. The van der Waals surface area contributed by atoms with Gasteiger partial charge in [-0.3, -0.25) is 4.98 Å². The number of nitrogens with zero attached hydrogens (tertiary/aromatic N) is 2. The standard InChI is InChI=1S/C30H24N2O/c31-19-20-15-26(22-9-5-2-6-10-22)30-27(16-20)25-12-11-24(18-29(25)33-30)28-17-23(13-14-32-28)21-7-3-1-4-8-21/h2,5-6,9-18,21H,1,3-4,7-8H2. The molecular weight excluding hydrogens is 404 g/mol. The summed E-state index contributed by atoms with van der Waals surface area (Å²) >= 11 is 0. The quantitative estimate of drug-likeness (QED) is 0.291. The average Bonchev–Trinajstić information content (AvgIpc) is 3.27. The first-order valence-electron chi connectivity index (χ1n) is 11.7. The molecule has 2 aromatic heterocycles. The molecular formula is C30H24N2O. The molecule has 0 amide bonds. The van der Waals surface area contributed by atoms with Gasteiger partial charge >= 0.3 is 0 Å². The normalized spacial score (nSPS) is 14.5.